The van der Waals surface area contributed by atoms with E-state index >= 15 is 0 Å². The van der Waals surface area contributed by atoms with Crippen molar-refractivity contribution in [1.82, 2.24) is 0 Å². The molecule has 4 aromatic rings. The zero-order chi connectivity index (χ0) is 15.6. The highest BCUT2D eigenvalue weighted by atomic mass is 79.9. The van der Waals surface area contributed by atoms with Crippen LogP contribution in [0.1, 0.15) is 0 Å². The molecule has 23 heavy (non-hydrogen) atoms. The van der Waals surface area contributed by atoms with Gasteiger partial charge in [-0.15, -0.1) is 0 Å². The lowest BCUT2D eigenvalue weighted by molar-refractivity contribution is 1.57. The quantitative estimate of drug-likeness (QED) is 0.364. The lowest BCUT2D eigenvalue weighted by Gasteiger charge is -2.10. The van der Waals surface area contributed by atoms with E-state index in [1.807, 2.05) is 6.07 Å². The van der Waals surface area contributed by atoms with E-state index in [1.54, 1.807) is 0 Å². The van der Waals surface area contributed by atoms with Gasteiger partial charge in [-0.1, -0.05) is 88.7 Å². The summed E-state index contributed by atoms with van der Waals surface area (Å²) < 4.78 is 1.12. The third kappa shape index (κ3) is 2.80. The van der Waals surface area contributed by atoms with E-state index in [0.29, 0.717) is 0 Å². The van der Waals surface area contributed by atoms with Crippen LogP contribution in [0.2, 0.25) is 0 Å². The van der Waals surface area contributed by atoms with Crippen LogP contribution in [0, 0.1) is 0 Å². The van der Waals surface area contributed by atoms with Gasteiger partial charge in [0, 0.05) is 4.47 Å². The number of benzene rings is 4. The molecular formula is C22H15Br. The number of hydrogen-bond acceptors (Lipinski definition) is 0. The molecular weight excluding hydrogens is 344 g/mol. The monoisotopic (exact) mass is 358 g/mol. The molecule has 0 N–H and O–H groups in total. The molecule has 0 heterocycles. The molecule has 0 saturated carbocycles. The van der Waals surface area contributed by atoms with Gasteiger partial charge in [-0.05, 0) is 51.2 Å². The molecule has 4 rings (SSSR count). The van der Waals surface area contributed by atoms with E-state index in [0.717, 1.165) is 4.47 Å². The van der Waals surface area contributed by atoms with Crippen LogP contribution in [-0.4, -0.2) is 0 Å². The van der Waals surface area contributed by atoms with Crippen LogP contribution in [0.4, 0.5) is 0 Å². The molecule has 0 amide bonds. The predicted octanol–water partition coefficient (Wildman–Crippen LogP) is 6.94. The maximum absolute atomic E-state index is 3.70. The van der Waals surface area contributed by atoms with Crippen molar-refractivity contribution < 1.29 is 0 Å². The Labute approximate surface area is 144 Å². The van der Waals surface area contributed by atoms with Crippen LogP contribution in [-0.2, 0) is 0 Å². The molecule has 0 nitrogen and oxygen atoms in total. The maximum Gasteiger partial charge on any atom is 0.0254 e. The third-order valence-corrected chi connectivity index (χ3v) is 4.83. The highest BCUT2D eigenvalue weighted by Gasteiger charge is 2.07. The molecule has 0 aliphatic carbocycles. The normalized spacial score (nSPS) is 10.8. The van der Waals surface area contributed by atoms with E-state index in [9.17, 15) is 0 Å². The molecule has 1 heteroatoms. The van der Waals surface area contributed by atoms with Gasteiger partial charge in [-0.3, -0.25) is 0 Å². The minimum atomic E-state index is 1.12. The van der Waals surface area contributed by atoms with Crippen molar-refractivity contribution in [3.63, 3.8) is 0 Å². The summed E-state index contributed by atoms with van der Waals surface area (Å²) in [5.74, 6) is 0. The fourth-order valence-corrected chi connectivity index (χ4v) is 3.39. The van der Waals surface area contributed by atoms with Crippen molar-refractivity contribution in [1.29, 1.82) is 0 Å². The van der Waals surface area contributed by atoms with Gasteiger partial charge in [0.05, 0.1) is 0 Å². The molecule has 110 valence electrons. The van der Waals surface area contributed by atoms with Gasteiger partial charge in [-0.2, -0.15) is 0 Å². The fourth-order valence-electron chi connectivity index (χ4n) is 2.91. The Kier molecular flexibility index (Phi) is 3.72. The Balaban J connectivity index is 1.86. The van der Waals surface area contributed by atoms with E-state index in [2.05, 4.69) is 101 Å². The Morgan fingerprint density at radius 3 is 2.00 bits per heavy atom. The molecule has 0 aliphatic rings. The van der Waals surface area contributed by atoms with Gasteiger partial charge in [0.1, 0.15) is 0 Å². The van der Waals surface area contributed by atoms with Gasteiger partial charge in [0.25, 0.3) is 0 Å². The number of rotatable bonds is 2. The van der Waals surface area contributed by atoms with E-state index < -0.39 is 0 Å². The first kappa shape index (κ1) is 14.2. The van der Waals surface area contributed by atoms with Crippen molar-refractivity contribution in [2.24, 2.45) is 0 Å². The topological polar surface area (TPSA) is 0 Å². The first-order valence-electron chi connectivity index (χ1n) is 7.65. The molecule has 0 spiro atoms. The van der Waals surface area contributed by atoms with Crippen LogP contribution >= 0.6 is 15.9 Å². The van der Waals surface area contributed by atoms with Crippen molar-refractivity contribution in [2.75, 3.05) is 0 Å². The average molecular weight is 359 g/mol. The minimum Gasteiger partial charge on any atom is -0.0622 e. The molecule has 0 aromatic heterocycles. The number of halogens is 1. The van der Waals surface area contributed by atoms with Crippen molar-refractivity contribution >= 4 is 26.7 Å². The first-order valence-corrected chi connectivity index (χ1v) is 8.45. The lowest BCUT2D eigenvalue weighted by Crippen LogP contribution is -1.84. The summed E-state index contributed by atoms with van der Waals surface area (Å²) in [7, 11) is 0. The number of fused-ring (bicyclic) bond motifs is 1. The molecule has 0 atom stereocenters. The maximum atomic E-state index is 3.70. The van der Waals surface area contributed by atoms with Gasteiger partial charge in [-0.25, -0.2) is 0 Å². The first-order chi connectivity index (χ1) is 11.3. The fraction of sp³-hybridized carbons (Fsp3) is 0. The average Bonchev–Trinajstić information content (AvgIpc) is 2.62. The smallest absolute Gasteiger partial charge is 0.0254 e. The van der Waals surface area contributed by atoms with Crippen molar-refractivity contribution in [3.8, 4) is 22.3 Å². The Morgan fingerprint density at radius 2 is 1.17 bits per heavy atom. The second-order valence-corrected chi connectivity index (χ2v) is 6.48. The van der Waals surface area contributed by atoms with E-state index in [-0.39, 0.29) is 0 Å². The molecule has 0 fully saturated rings. The Morgan fingerprint density at radius 1 is 0.478 bits per heavy atom. The van der Waals surface area contributed by atoms with Crippen LogP contribution < -0.4 is 0 Å². The summed E-state index contributed by atoms with van der Waals surface area (Å²) in [6, 6.07) is 32.1. The van der Waals surface area contributed by atoms with Crippen LogP contribution in [0.25, 0.3) is 33.0 Å². The SMILES string of the molecule is Brc1ccc(-c2ccccc2)cc1-c1ccc2ccccc2c1. The highest BCUT2D eigenvalue weighted by molar-refractivity contribution is 9.10. The predicted molar refractivity (Wildman–Crippen MR) is 103 cm³/mol. The van der Waals surface area contributed by atoms with E-state index in [4.69, 9.17) is 0 Å². The molecule has 4 aromatic carbocycles. The molecule has 0 bridgehead atoms. The van der Waals surface area contributed by atoms with Crippen LogP contribution in [0.3, 0.4) is 0 Å². The zero-order valence-corrected chi connectivity index (χ0v) is 14.1. The zero-order valence-electron chi connectivity index (χ0n) is 12.5. The second-order valence-electron chi connectivity index (χ2n) is 5.62. The van der Waals surface area contributed by atoms with Crippen LogP contribution in [0.15, 0.2) is 95.5 Å². The summed E-state index contributed by atoms with van der Waals surface area (Å²) in [5.41, 5.74) is 4.92. The standard InChI is InChI=1S/C22H15Br/c23-22-13-12-19(16-6-2-1-3-7-16)15-21(22)20-11-10-17-8-4-5-9-18(17)14-20/h1-15H. The van der Waals surface area contributed by atoms with Crippen molar-refractivity contribution in [2.45, 2.75) is 0 Å². The molecule has 0 saturated heterocycles. The third-order valence-electron chi connectivity index (χ3n) is 4.13. The Bertz CT molecular complexity index is 971. The summed E-state index contributed by atoms with van der Waals surface area (Å²) >= 11 is 3.70. The van der Waals surface area contributed by atoms with Gasteiger partial charge >= 0.3 is 0 Å². The summed E-state index contributed by atoms with van der Waals surface area (Å²) in [4.78, 5) is 0. The van der Waals surface area contributed by atoms with Gasteiger partial charge in [0.15, 0.2) is 0 Å². The molecule has 0 aliphatic heterocycles. The lowest BCUT2D eigenvalue weighted by atomic mass is 9.97. The molecule has 0 unspecified atom stereocenters. The van der Waals surface area contributed by atoms with Crippen molar-refractivity contribution in [3.05, 3.63) is 95.5 Å². The minimum absolute atomic E-state index is 1.12. The van der Waals surface area contributed by atoms with E-state index in [1.165, 1.54) is 33.0 Å². The second kappa shape index (κ2) is 6.02. The Hall–Kier alpha value is -2.38. The highest BCUT2D eigenvalue weighted by Crippen LogP contribution is 2.34. The molecule has 0 radical (unpaired) electrons. The summed E-state index contributed by atoms with van der Waals surface area (Å²) in [6.45, 7) is 0. The number of hydrogen-bond donors (Lipinski definition) is 0. The largest absolute Gasteiger partial charge is 0.0622 e. The van der Waals surface area contributed by atoms with Gasteiger partial charge in [0.2, 0.25) is 0 Å². The summed E-state index contributed by atoms with van der Waals surface area (Å²) in [5, 5.41) is 2.54. The van der Waals surface area contributed by atoms with Gasteiger partial charge < -0.3 is 0 Å². The van der Waals surface area contributed by atoms with Crippen LogP contribution in [0.5, 0.6) is 0 Å². The summed E-state index contributed by atoms with van der Waals surface area (Å²) in [6.07, 6.45) is 0.